The average molecular weight is 317 g/mol. The molecule has 0 radical (unpaired) electrons. The molecular formula is C15H15N3OS2. The van der Waals surface area contributed by atoms with Crippen LogP contribution in [0.1, 0.15) is 16.3 Å². The molecule has 0 fully saturated rings. The van der Waals surface area contributed by atoms with Crippen molar-refractivity contribution in [3.8, 4) is 0 Å². The Bertz CT molecular complexity index is 779. The van der Waals surface area contributed by atoms with E-state index in [1.165, 1.54) is 0 Å². The van der Waals surface area contributed by atoms with Gasteiger partial charge in [0.25, 0.3) is 0 Å². The lowest BCUT2D eigenvalue weighted by Gasteiger charge is -2.04. The first-order valence-electron chi connectivity index (χ1n) is 6.44. The minimum Gasteiger partial charge on any atom is -0.467 e. The lowest BCUT2D eigenvalue weighted by molar-refractivity contribution is 0.487. The molecule has 6 heteroatoms. The van der Waals surface area contributed by atoms with Crippen LogP contribution in [-0.4, -0.2) is 4.57 Å². The van der Waals surface area contributed by atoms with Crippen molar-refractivity contribution in [1.82, 2.24) is 9.99 Å². The number of hydrogen-bond donors (Lipinski definition) is 1. The molecular weight excluding hydrogens is 302 g/mol. The highest BCUT2D eigenvalue weighted by Crippen LogP contribution is 2.15. The Balaban J connectivity index is 1.82. The second kappa shape index (κ2) is 6.15. The SMILES string of the molecule is C=C(NN=c1scc(C)n1Cc1ccco1)c1cccs1. The molecule has 0 spiro atoms. The predicted molar refractivity (Wildman–Crippen MR) is 86.9 cm³/mol. The van der Waals surface area contributed by atoms with Gasteiger partial charge in [-0.2, -0.15) is 0 Å². The highest BCUT2D eigenvalue weighted by atomic mass is 32.1. The molecule has 21 heavy (non-hydrogen) atoms. The van der Waals surface area contributed by atoms with Crippen molar-refractivity contribution in [2.24, 2.45) is 5.10 Å². The van der Waals surface area contributed by atoms with Gasteiger partial charge in [0, 0.05) is 11.1 Å². The number of furan rings is 1. The molecule has 4 nitrogen and oxygen atoms in total. The number of rotatable bonds is 5. The van der Waals surface area contributed by atoms with Crippen LogP contribution in [0.4, 0.5) is 0 Å². The molecule has 3 heterocycles. The largest absolute Gasteiger partial charge is 0.467 e. The third kappa shape index (κ3) is 3.17. The summed E-state index contributed by atoms with van der Waals surface area (Å²) in [4.78, 5) is 1.98. The third-order valence-electron chi connectivity index (χ3n) is 2.99. The number of thiophene rings is 1. The number of thiazole rings is 1. The maximum absolute atomic E-state index is 5.41. The van der Waals surface area contributed by atoms with Gasteiger partial charge < -0.3 is 8.98 Å². The van der Waals surface area contributed by atoms with E-state index >= 15 is 0 Å². The van der Waals surface area contributed by atoms with Crippen LogP contribution >= 0.6 is 22.7 Å². The molecule has 1 N–H and O–H groups in total. The first-order valence-corrected chi connectivity index (χ1v) is 8.20. The molecule has 0 amide bonds. The summed E-state index contributed by atoms with van der Waals surface area (Å²) in [6, 6.07) is 7.88. The normalized spacial score (nSPS) is 11.8. The third-order valence-corrected chi connectivity index (χ3v) is 4.90. The Morgan fingerprint density at radius 3 is 3.00 bits per heavy atom. The van der Waals surface area contributed by atoms with Gasteiger partial charge in [-0.3, -0.25) is 5.43 Å². The van der Waals surface area contributed by atoms with E-state index in [4.69, 9.17) is 4.42 Å². The molecule has 3 aromatic rings. The van der Waals surface area contributed by atoms with Crippen LogP contribution in [0.3, 0.4) is 0 Å². The Kier molecular flexibility index (Phi) is 4.08. The molecule has 0 aliphatic heterocycles. The maximum Gasteiger partial charge on any atom is 0.208 e. The molecule has 0 aliphatic carbocycles. The predicted octanol–water partition coefficient (Wildman–Crippen LogP) is 3.64. The van der Waals surface area contributed by atoms with Crippen molar-refractivity contribution in [2.75, 3.05) is 0 Å². The van der Waals surface area contributed by atoms with Crippen LogP contribution in [0, 0.1) is 6.92 Å². The van der Waals surface area contributed by atoms with Gasteiger partial charge in [0.1, 0.15) is 5.76 Å². The highest BCUT2D eigenvalue weighted by molar-refractivity contribution is 7.11. The first-order chi connectivity index (χ1) is 10.2. The average Bonchev–Trinajstić information content (AvgIpc) is 3.21. The van der Waals surface area contributed by atoms with Crippen LogP contribution in [0.5, 0.6) is 0 Å². The van der Waals surface area contributed by atoms with Crippen molar-refractivity contribution in [3.05, 3.63) is 69.0 Å². The van der Waals surface area contributed by atoms with Crippen LogP contribution in [0.15, 0.2) is 57.4 Å². The van der Waals surface area contributed by atoms with Crippen molar-refractivity contribution >= 4 is 28.4 Å². The van der Waals surface area contributed by atoms with Gasteiger partial charge in [0.2, 0.25) is 4.80 Å². The van der Waals surface area contributed by atoms with E-state index in [0.717, 1.165) is 26.8 Å². The molecule has 0 aromatic carbocycles. The molecule has 108 valence electrons. The standard InChI is InChI=1S/C15H15N3OS2/c1-11-10-21-15(18(11)9-13-5-3-7-19-13)17-16-12(2)14-6-4-8-20-14/h3-8,10,16H,2,9H2,1H3. The molecule has 0 saturated heterocycles. The molecule has 3 aromatic heterocycles. The zero-order chi connectivity index (χ0) is 14.7. The van der Waals surface area contributed by atoms with Crippen LogP contribution in [0.25, 0.3) is 5.70 Å². The topological polar surface area (TPSA) is 42.5 Å². The maximum atomic E-state index is 5.41. The summed E-state index contributed by atoms with van der Waals surface area (Å²) < 4.78 is 7.52. The fraction of sp³-hybridized carbons (Fsp3) is 0.133. The van der Waals surface area contributed by atoms with Crippen molar-refractivity contribution < 1.29 is 4.42 Å². The summed E-state index contributed by atoms with van der Waals surface area (Å²) in [6.07, 6.45) is 1.69. The minimum absolute atomic E-state index is 0.675. The summed E-state index contributed by atoms with van der Waals surface area (Å²) in [5, 5.41) is 8.56. The number of aryl methyl sites for hydroxylation is 1. The smallest absolute Gasteiger partial charge is 0.208 e. The summed E-state index contributed by atoms with van der Waals surface area (Å²) in [5.41, 5.74) is 4.99. The number of aromatic nitrogens is 1. The number of nitrogens with zero attached hydrogens (tertiary/aromatic N) is 2. The Morgan fingerprint density at radius 1 is 1.38 bits per heavy atom. The summed E-state index contributed by atoms with van der Waals surface area (Å²) in [5.74, 6) is 0.912. The molecule has 3 rings (SSSR count). The van der Waals surface area contributed by atoms with Gasteiger partial charge in [0.15, 0.2) is 0 Å². The molecule has 0 aliphatic rings. The van der Waals surface area contributed by atoms with Gasteiger partial charge in [-0.05, 0) is 30.5 Å². The number of hydrogen-bond acceptors (Lipinski definition) is 5. The minimum atomic E-state index is 0.675. The van der Waals surface area contributed by atoms with Gasteiger partial charge in [-0.15, -0.1) is 27.8 Å². The summed E-state index contributed by atoms with van der Waals surface area (Å²) in [6.45, 7) is 6.74. The lowest BCUT2D eigenvalue weighted by Crippen LogP contribution is -2.20. The number of nitrogens with one attached hydrogen (secondary N) is 1. The Morgan fingerprint density at radius 2 is 2.29 bits per heavy atom. The van der Waals surface area contributed by atoms with E-state index in [1.807, 2.05) is 29.6 Å². The molecule has 0 saturated carbocycles. The van der Waals surface area contributed by atoms with Crippen molar-refractivity contribution in [3.63, 3.8) is 0 Å². The summed E-state index contributed by atoms with van der Waals surface area (Å²) in [7, 11) is 0. The van der Waals surface area contributed by atoms with Gasteiger partial charge in [-0.1, -0.05) is 12.6 Å². The molecule has 0 atom stereocenters. The van der Waals surface area contributed by atoms with E-state index < -0.39 is 0 Å². The van der Waals surface area contributed by atoms with Crippen molar-refractivity contribution in [2.45, 2.75) is 13.5 Å². The first kappa shape index (κ1) is 13.9. The van der Waals surface area contributed by atoms with Crippen LogP contribution in [0.2, 0.25) is 0 Å². The zero-order valence-corrected chi connectivity index (χ0v) is 13.2. The molecule has 0 bridgehead atoms. The van der Waals surface area contributed by atoms with Gasteiger partial charge in [0.05, 0.1) is 23.4 Å². The highest BCUT2D eigenvalue weighted by Gasteiger charge is 2.05. The Labute approximate surface area is 130 Å². The lowest BCUT2D eigenvalue weighted by atomic mass is 10.4. The van der Waals surface area contributed by atoms with E-state index in [-0.39, 0.29) is 0 Å². The van der Waals surface area contributed by atoms with E-state index in [2.05, 4.69) is 34.0 Å². The Hall–Kier alpha value is -2.05. The van der Waals surface area contributed by atoms with E-state index in [1.54, 1.807) is 28.9 Å². The quantitative estimate of drug-likeness (QED) is 0.730. The van der Waals surface area contributed by atoms with Gasteiger partial charge >= 0.3 is 0 Å². The van der Waals surface area contributed by atoms with Crippen molar-refractivity contribution in [1.29, 1.82) is 0 Å². The summed E-state index contributed by atoms with van der Waals surface area (Å²) >= 11 is 3.23. The van der Waals surface area contributed by atoms with E-state index in [9.17, 15) is 0 Å². The fourth-order valence-corrected chi connectivity index (χ4v) is 3.36. The van der Waals surface area contributed by atoms with Crippen LogP contribution < -0.4 is 10.2 Å². The van der Waals surface area contributed by atoms with Crippen LogP contribution in [-0.2, 0) is 6.54 Å². The second-order valence-corrected chi connectivity index (χ2v) is 6.29. The zero-order valence-electron chi connectivity index (χ0n) is 11.6. The monoisotopic (exact) mass is 317 g/mol. The fourth-order valence-electron chi connectivity index (χ4n) is 1.87. The van der Waals surface area contributed by atoms with Gasteiger partial charge in [-0.25, -0.2) is 0 Å². The molecule has 0 unspecified atom stereocenters. The van der Waals surface area contributed by atoms with E-state index in [0.29, 0.717) is 6.54 Å². The second-order valence-electron chi connectivity index (χ2n) is 4.50.